The van der Waals surface area contributed by atoms with Crippen molar-refractivity contribution >= 4 is 30.7 Å². The van der Waals surface area contributed by atoms with Gasteiger partial charge in [-0.05, 0) is 43.6 Å². The number of rotatable bonds is 8. The summed E-state index contributed by atoms with van der Waals surface area (Å²) in [6, 6.07) is 18.0. The van der Waals surface area contributed by atoms with Gasteiger partial charge >= 0.3 is 0 Å². The molecule has 1 amide bonds. The van der Waals surface area contributed by atoms with Gasteiger partial charge in [0.25, 0.3) is 0 Å². The van der Waals surface area contributed by atoms with Crippen LogP contribution in [0.25, 0.3) is 0 Å². The van der Waals surface area contributed by atoms with E-state index >= 15 is 0 Å². The largest absolute Gasteiger partial charge is 0.353 e. The lowest BCUT2D eigenvalue weighted by molar-refractivity contribution is -0.122. The van der Waals surface area contributed by atoms with Crippen LogP contribution in [0, 0.1) is 0 Å². The Morgan fingerprint density at radius 1 is 1.00 bits per heavy atom. The summed E-state index contributed by atoms with van der Waals surface area (Å²) in [5, 5.41) is 3.01. The minimum Gasteiger partial charge on any atom is -0.353 e. The lowest BCUT2D eigenvalue weighted by Crippen LogP contribution is -2.44. The molecule has 2 rings (SSSR count). The van der Waals surface area contributed by atoms with Gasteiger partial charge in [0.05, 0.1) is 12.1 Å². The van der Waals surface area contributed by atoms with Crippen LogP contribution in [0.15, 0.2) is 54.6 Å². The second-order valence-corrected chi connectivity index (χ2v) is 6.62. The summed E-state index contributed by atoms with van der Waals surface area (Å²) in [7, 11) is 4.04. The fraction of sp³-hybridized carbons (Fsp3) is 0.381. The van der Waals surface area contributed by atoms with Gasteiger partial charge in [0, 0.05) is 6.54 Å². The first-order valence-electron chi connectivity index (χ1n) is 8.83. The number of aryl methyl sites for hydroxylation is 1. The number of benzene rings is 2. The van der Waals surface area contributed by atoms with Gasteiger partial charge in [-0.2, -0.15) is 0 Å². The molecule has 6 heteroatoms. The Hall–Kier alpha value is -1.59. The number of hydrogen-bond donors (Lipinski definition) is 2. The number of nitrogens with one attached hydrogen (secondary N) is 1. The number of likely N-dealkylation sites (N-methyl/N-ethyl adjacent to an activating group) is 1. The van der Waals surface area contributed by atoms with Crippen molar-refractivity contribution in [2.75, 3.05) is 20.6 Å². The first-order valence-corrected chi connectivity index (χ1v) is 8.83. The van der Waals surface area contributed by atoms with E-state index in [9.17, 15) is 4.79 Å². The predicted octanol–water partition coefficient (Wildman–Crippen LogP) is 3.38. The van der Waals surface area contributed by atoms with Gasteiger partial charge < -0.3 is 16.0 Å². The number of halogens is 2. The fourth-order valence-corrected chi connectivity index (χ4v) is 2.86. The smallest absolute Gasteiger partial charge is 0.237 e. The van der Waals surface area contributed by atoms with Crippen molar-refractivity contribution in [3.05, 3.63) is 71.3 Å². The molecular formula is C21H31Cl2N3O. The first kappa shape index (κ1) is 25.4. The molecule has 0 fully saturated rings. The highest BCUT2D eigenvalue weighted by Crippen LogP contribution is 2.18. The highest BCUT2D eigenvalue weighted by Gasteiger charge is 2.18. The maximum Gasteiger partial charge on any atom is 0.237 e. The summed E-state index contributed by atoms with van der Waals surface area (Å²) >= 11 is 0. The first-order chi connectivity index (χ1) is 12.0. The Balaban J connectivity index is 0.00000338. The van der Waals surface area contributed by atoms with Gasteiger partial charge in [-0.15, -0.1) is 24.8 Å². The normalized spacial score (nSPS) is 12.5. The third-order valence-corrected chi connectivity index (χ3v) is 4.50. The van der Waals surface area contributed by atoms with Gasteiger partial charge in [0.1, 0.15) is 0 Å². The van der Waals surface area contributed by atoms with Crippen LogP contribution in [0.5, 0.6) is 0 Å². The molecule has 27 heavy (non-hydrogen) atoms. The van der Waals surface area contributed by atoms with Crippen molar-refractivity contribution in [1.82, 2.24) is 10.2 Å². The van der Waals surface area contributed by atoms with E-state index in [-0.39, 0.29) is 36.8 Å². The Labute approximate surface area is 175 Å². The van der Waals surface area contributed by atoms with E-state index < -0.39 is 6.04 Å². The SMILES string of the molecule is CCc1ccc(C(CNC(=O)C(N)Cc2ccccc2)N(C)C)cc1.Cl.Cl. The fourth-order valence-electron chi connectivity index (χ4n) is 2.86. The Bertz CT molecular complexity index is 663. The molecule has 3 N–H and O–H groups in total. The maximum absolute atomic E-state index is 12.4. The van der Waals surface area contributed by atoms with Crippen molar-refractivity contribution in [2.45, 2.75) is 31.8 Å². The number of amides is 1. The molecule has 0 spiro atoms. The van der Waals surface area contributed by atoms with Crippen LogP contribution in [0.1, 0.15) is 29.7 Å². The Kier molecular flexibility index (Phi) is 12.0. The van der Waals surface area contributed by atoms with Crippen molar-refractivity contribution in [3.8, 4) is 0 Å². The minimum absolute atomic E-state index is 0. The topological polar surface area (TPSA) is 58.4 Å². The van der Waals surface area contributed by atoms with Crippen LogP contribution >= 0.6 is 24.8 Å². The second-order valence-electron chi connectivity index (χ2n) is 6.62. The van der Waals surface area contributed by atoms with Crippen molar-refractivity contribution < 1.29 is 4.79 Å². The lowest BCUT2D eigenvalue weighted by atomic mass is 10.0. The van der Waals surface area contributed by atoms with Crippen LogP contribution < -0.4 is 11.1 Å². The molecule has 0 saturated carbocycles. The average molecular weight is 412 g/mol. The van der Waals surface area contributed by atoms with Gasteiger partial charge in [-0.25, -0.2) is 0 Å². The van der Waals surface area contributed by atoms with E-state index in [1.807, 2.05) is 44.4 Å². The molecule has 0 aliphatic heterocycles. The summed E-state index contributed by atoms with van der Waals surface area (Å²) in [5.74, 6) is -0.110. The molecule has 0 radical (unpaired) electrons. The van der Waals surface area contributed by atoms with Crippen LogP contribution in [-0.4, -0.2) is 37.5 Å². The van der Waals surface area contributed by atoms with E-state index in [0.29, 0.717) is 13.0 Å². The Morgan fingerprint density at radius 3 is 2.11 bits per heavy atom. The standard InChI is InChI=1S/C21H29N3O.2ClH/c1-4-16-10-12-18(13-11-16)20(24(2)3)15-23-21(25)19(22)14-17-8-6-5-7-9-17;;/h5-13,19-20H,4,14-15,22H2,1-3H3,(H,23,25);2*1H. The molecule has 2 aromatic carbocycles. The minimum atomic E-state index is -0.535. The summed E-state index contributed by atoms with van der Waals surface area (Å²) in [6.45, 7) is 2.69. The van der Waals surface area contributed by atoms with E-state index in [4.69, 9.17) is 5.73 Å². The monoisotopic (exact) mass is 411 g/mol. The van der Waals surface area contributed by atoms with Crippen LogP contribution in [0.4, 0.5) is 0 Å². The molecule has 0 aliphatic rings. The molecule has 150 valence electrons. The lowest BCUT2D eigenvalue weighted by Gasteiger charge is -2.26. The maximum atomic E-state index is 12.4. The van der Waals surface area contributed by atoms with Crippen molar-refractivity contribution in [2.24, 2.45) is 5.73 Å². The predicted molar refractivity (Wildman–Crippen MR) is 118 cm³/mol. The van der Waals surface area contributed by atoms with Crippen LogP contribution in [-0.2, 0) is 17.6 Å². The van der Waals surface area contributed by atoms with Crippen molar-refractivity contribution in [1.29, 1.82) is 0 Å². The summed E-state index contributed by atoms with van der Waals surface area (Å²) in [4.78, 5) is 14.5. The molecule has 4 nitrogen and oxygen atoms in total. The highest BCUT2D eigenvalue weighted by atomic mass is 35.5. The quantitative estimate of drug-likeness (QED) is 0.699. The number of carbonyl (C=O) groups is 1. The molecule has 2 unspecified atom stereocenters. The molecule has 0 saturated heterocycles. The zero-order valence-corrected chi connectivity index (χ0v) is 17.9. The van der Waals surface area contributed by atoms with Gasteiger partial charge in [0.15, 0.2) is 0 Å². The molecule has 2 atom stereocenters. The van der Waals surface area contributed by atoms with E-state index in [1.165, 1.54) is 11.1 Å². The van der Waals surface area contributed by atoms with E-state index in [1.54, 1.807) is 0 Å². The highest BCUT2D eigenvalue weighted by molar-refractivity contribution is 5.85. The molecule has 0 bridgehead atoms. The number of nitrogens with two attached hydrogens (primary N) is 1. The molecule has 0 aromatic heterocycles. The summed E-state index contributed by atoms with van der Waals surface area (Å²) < 4.78 is 0. The van der Waals surface area contributed by atoms with Crippen molar-refractivity contribution in [3.63, 3.8) is 0 Å². The number of carbonyl (C=O) groups excluding carboxylic acids is 1. The average Bonchev–Trinajstić information content (AvgIpc) is 2.62. The molecular weight excluding hydrogens is 381 g/mol. The number of nitrogens with zero attached hydrogens (tertiary/aromatic N) is 1. The molecule has 2 aromatic rings. The van der Waals surface area contributed by atoms with Gasteiger partial charge in [0.2, 0.25) is 5.91 Å². The zero-order chi connectivity index (χ0) is 18.2. The van der Waals surface area contributed by atoms with Gasteiger partial charge in [-0.3, -0.25) is 4.79 Å². The zero-order valence-electron chi connectivity index (χ0n) is 16.2. The third kappa shape index (κ3) is 7.89. The summed E-state index contributed by atoms with van der Waals surface area (Å²) in [5.41, 5.74) is 9.64. The molecule has 0 heterocycles. The summed E-state index contributed by atoms with van der Waals surface area (Å²) in [6.07, 6.45) is 1.57. The van der Waals surface area contributed by atoms with Crippen LogP contribution in [0.2, 0.25) is 0 Å². The Morgan fingerprint density at radius 2 is 1.59 bits per heavy atom. The molecule has 0 aliphatic carbocycles. The second kappa shape index (κ2) is 12.7. The van der Waals surface area contributed by atoms with Gasteiger partial charge in [-0.1, -0.05) is 61.5 Å². The van der Waals surface area contributed by atoms with E-state index in [0.717, 1.165) is 12.0 Å². The van der Waals surface area contributed by atoms with E-state index in [2.05, 4.69) is 41.4 Å². The third-order valence-electron chi connectivity index (χ3n) is 4.50. The number of hydrogen-bond acceptors (Lipinski definition) is 3. The van der Waals surface area contributed by atoms with Crippen LogP contribution in [0.3, 0.4) is 0 Å².